The Morgan fingerprint density at radius 3 is 2.39 bits per heavy atom. The second-order valence-corrected chi connectivity index (χ2v) is 7.54. The van der Waals surface area contributed by atoms with Crippen LogP contribution in [0, 0.1) is 6.92 Å². The van der Waals surface area contributed by atoms with Gasteiger partial charge in [-0.2, -0.15) is 18.2 Å². The Morgan fingerprint density at radius 2 is 1.79 bits per heavy atom. The van der Waals surface area contributed by atoms with Crippen molar-refractivity contribution in [2.75, 3.05) is 17.3 Å². The van der Waals surface area contributed by atoms with Crippen LogP contribution in [0.3, 0.4) is 0 Å². The van der Waals surface area contributed by atoms with Crippen LogP contribution in [0.25, 0.3) is 11.4 Å². The summed E-state index contributed by atoms with van der Waals surface area (Å²) in [5, 5.41) is 6.34. The predicted octanol–water partition coefficient (Wildman–Crippen LogP) is 3.30. The van der Waals surface area contributed by atoms with Crippen molar-refractivity contribution in [3.63, 3.8) is 0 Å². The lowest BCUT2D eigenvalue weighted by atomic mass is 10.1. The molecule has 4 aromatic rings. The van der Waals surface area contributed by atoms with Crippen molar-refractivity contribution in [2.24, 2.45) is 0 Å². The summed E-state index contributed by atoms with van der Waals surface area (Å²) >= 11 is 0. The predicted molar refractivity (Wildman–Crippen MR) is 114 cm³/mol. The molecule has 0 radical (unpaired) electrons. The van der Waals surface area contributed by atoms with Gasteiger partial charge in [0.25, 0.3) is 10.9 Å². The molecule has 0 fully saturated rings. The molecule has 33 heavy (non-hydrogen) atoms. The summed E-state index contributed by atoms with van der Waals surface area (Å²) in [6.07, 6.45) is -3.42. The van der Waals surface area contributed by atoms with Crippen LogP contribution in [-0.2, 0) is 19.3 Å². The Kier molecular flexibility index (Phi) is 5.71. The lowest BCUT2D eigenvalue weighted by Crippen LogP contribution is -2.41. The lowest BCUT2D eigenvalue weighted by Gasteiger charge is -2.23. The smallest absolute Gasteiger partial charge is 0.376 e. The fourth-order valence-electron chi connectivity index (χ4n) is 3.23. The van der Waals surface area contributed by atoms with Crippen LogP contribution in [0.4, 0.5) is 24.5 Å². The molecule has 0 spiro atoms. The van der Waals surface area contributed by atoms with Gasteiger partial charge in [0.05, 0.1) is 12.2 Å². The highest BCUT2D eigenvalue weighted by Gasteiger charge is 2.38. The summed E-state index contributed by atoms with van der Waals surface area (Å²) in [4.78, 5) is 33.3. The van der Waals surface area contributed by atoms with Gasteiger partial charge in [-0.15, -0.1) is 0 Å². The van der Waals surface area contributed by atoms with Crippen LogP contribution >= 0.6 is 0 Å². The normalized spacial score (nSPS) is 11.7. The van der Waals surface area contributed by atoms with Gasteiger partial charge in [-0.1, -0.05) is 35.0 Å². The number of aromatic nitrogens is 3. The van der Waals surface area contributed by atoms with Crippen molar-refractivity contribution >= 4 is 11.4 Å². The molecule has 0 amide bonds. The van der Waals surface area contributed by atoms with E-state index >= 15 is 0 Å². The second-order valence-electron chi connectivity index (χ2n) is 7.54. The molecule has 0 aliphatic heterocycles. The molecule has 0 unspecified atom stereocenters. The second kappa shape index (κ2) is 8.49. The minimum Gasteiger partial charge on any atom is -0.376 e. The van der Waals surface area contributed by atoms with Gasteiger partial charge in [-0.05, 0) is 24.6 Å². The van der Waals surface area contributed by atoms with Gasteiger partial charge < -0.3 is 14.7 Å². The number of alkyl halides is 3. The topological polar surface area (TPSA) is 101 Å². The molecule has 0 saturated carbocycles. The van der Waals surface area contributed by atoms with E-state index in [0.29, 0.717) is 12.2 Å². The molecule has 1 N–H and O–H groups in total. The van der Waals surface area contributed by atoms with Gasteiger partial charge in [-0.25, -0.2) is 0 Å². The standard InChI is InChI=1S/C22H18F3N5O3/c1-12-3-5-13(6-4-12)9-27-16-17(19(32)18(16)31)30(2)11-15-8-7-14(10-26-15)20-28-21(33-29-20)22(23,24)25/h3-8,10,27H,9,11H2,1-2H3. The summed E-state index contributed by atoms with van der Waals surface area (Å²) in [5.74, 6) is -1.67. The van der Waals surface area contributed by atoms with E-state index in [0.717, 1.165) is 11.1 Å². The minimum absolute atomic E-state index is 0.199. The van der Waals surface area contributed by atoms with Gasteiger partial charge in [0.2, 0.25) is 5.82 Å². The third-order valence-electron chi connectivity index (χ3n) is 5.01. The molecule has 0 saturated heterocycles. The number of hydrogen-bond donors (Lipinski definition) is 1. The van der Waals surface area contributed by atoms with E-state index < -0.39 is 22.9 Å². The van der Waals surface area contributed by atoms with Crippen molar-refractivity contribution in [3.8, 4) is 11.4 Å². The summed E-state index contributed by atoms with van der Waals surface area (Å²) in [7, 11) is 1.65. The quantitative estimate of drug-likeness (QED) is 0.422. The molecule has 2 aromatic heterocycles. The third-order valence-corrected chi connectivity index (χ3v) is 5.01. The zero-order chi connectivity index (χ0) is 23.8. The first-order valence-corrected chi connectivity index (χ1v) is 9.83. The van der Waals surface area contributed by atoms with Gasteiger partial charge in [-0.3, -0.25) is 14.6 Å². The Hall–Kier alpha value is -4.02. The molecule has 170 valence electrons. The van der Waals surface area contributed by atoms with Crippen LogP contribution in [0.2, 0.25) is 0 Å². The Morgan fingerprint density at radius 1 is 1.06 bits per heavy atom. The van der Waals surface area contributed by atoms with Crippen LogP contribution in [-0.4, -0.2) is 22.2 Å². The molecular formula is C22H18F3N5O3. The first kappa shape index (κ1) is 22.2. The largest absolute Gasteiger partial charge is 0.471 e. The molecule has 0 aliphatic carbocycles. The fourth-order valence-corrected chi connectivity index (χ4v) is 3.23. The number of benzene rings is 1. The number of rotatable bonds is 7. The Bertz CT molecular complexity index is 1340. The zero-order valence-electron chi connectivity index (χ0n) is 17.6. The zero-order valence-corrected chi connectivity index (χ0v) is 17.6. The Balaban J connectivity index is 1.44. The molecule has 2 aromatic carbocycles. The van der Waals surface area contributed by atoms with Crippen molar-refractivity contribution in [1.82, 2.24) is 15.1 Å². The lowest BCUT2D eigenvalue weighted by molar-refractivity contribution is -0.159. The minimum atomic E-state index is -4.73. The summed E-state index contributed by atoms with van der Waals surface area (Å²) in [6.45, 7) is 2.57. The van der Waals surface area contributed by atoms with Crippen LogP contribution in [0.1, 0.15) is 22.7 Å². The number of nitrogens with zero attached hydrogens (tertiary/aromatic N) is 4. The van der Waals surface area contributed by atoms with Crippen LogP contribution in [0.15, 0.2) is 56.7 Å². The molecular weight excluding hydrogens is 439 g/mol. The molecule has 2 heterocycles. The van der Waals surface area contributed by atoms with E-state index in [1.807, 2.05) is 31.2 Å². The highest BCUT2D eigenvalue weighted by Crippen LogP contribution is 2.29. The molecule has 0 bridgehead atoms. The molecule has 0 atom stereocenters. The first-order valence-electron chi connectivity index (χ1n) is 9.83. The number of halogens is 3. The molecule has 11 heteroatoms. The van der Waals surface area contributed by atoms with Crippen molar-refractivity contribution < 1.29 is 17.7 Å². The first-order chi connectivity index (χ1) is 15.6. The van der Waals surface area contributed by atoms with Crippen LogP contribution < -0.4 is 21.1 Å². The van der Waals surface area contributed by atoms with Crippen molar-refractivity contribution in [1.29, 1.82) is 0 Å². The highest BCUT2D eigenvalue weighted by molar-refractivity contribution is 5.75. The van der Waals surface area contributed by atoms with Gasteiger partial charge >= 0.3 is 12.1 Å². The number of aryl methyl sites for hydroxylation is 1. The van der Waals surface area contributed by atoms with E-state index in [2.05, 4.69) is 25.0 Å². The average molecular weight is 457 g/mol. The van der Waals surface area contributed by atoms with Crippen molar-refractivity contribution in [3.05, 3.63) is 85.8 Å². The number of hydrogen-bond acceptors (Lipinski definition) is 8. The van der Waals surface area contributed by atoms with E-state index in [1.165, 1.54) is 12.3 Å². The van der Waals surface area contributed by atoms with Gasteiger partial charge in [0.15, 0.2) is 0 Å². The summed E-state index contributed by atoms with van der Waals surface area (Å²) < 4.78 is 42.1. The number of nitrogens with one attached hydrogen (secondary N) is 1. The van der Waals surface area contributed by atoms with Gasteiger partial charge in [0, 0.05) is 25.4 Å². The van der Waals surface area contributed by atoms with Gasteiger partial charge in [0.1, 0.15) is 11.4 Å². The summed E-state index contributed by atoms with van der Waals surface area (Å²) in [5.41, 5.74) is 2.18. The maximum absolute atomic E-state index is 12.6. The monoisotopic (exact) mass is 457 g/mol. The van der Waals surface area contributed by atoms with E-state index in [-0.39, 0.29) is 29.3 Å². The highest BCUT2D eigenvalue weighted by atomic mass is 19.4. The molecule has 8 nitrogen and oxygen atoms in total. The van der Waals surface area contributed by atoms with E-state index in [4.69, 9.17) is 0 Å². The maximum Gasteiger partial charge on any atom is 0.471 e. The Labute approximate surface area is 185 Å². The number of anilines is 2. The average Bonchev–Trinajstić information content (AvgIpc) is 3.28. The number of pyridine rings is 1. The third kappa shape index (κ3) is 4.61. The SMILES string of the molecule is Cc1ccc(CNc2c(N(C)Cc3ccc(-c4noc(C(F)(F)F)n4)cn3)c(=O)c2=O)cc1. The van der Waals surface area contributed by atoms with Crippen LogP contribution in [0.5, 0.6) is 0 Å². The maximum atomic E-state index is 12.6. The van der Waals surface area contributed by atoms with Crippen molar-refractivity contribution in [2.45, 2.75) is 26.2 Å². The summed E-state index contributed by atoms with van der Waals surface area (Å²) in [6, 6.07) is 10.9. The molecule has 0 aliphatic rings. The fraction of sp³-hybridized carbons (Fsp3) is 0.227. The molecule has 4 rings (SSSR count). The van der Waals surface area contributed by atoms with E-state index in [1.54, 1.807) is 18.0 Å². The van der Waals surface area contributed by atoms with E-state index in [9.17, 15) is 22.8 Å².